The summed E-state index contributed by atoms with van der Waals surface area (Å²) in [5.74, 6) is 1.38. The average molecular weight is 390 g/mol. The van der Waals surface area contributed by atoms with Crippen LogP contribution in [-0.2, 0) is 0 Å². The van der Waals surface area contributed by atoms with Crippen LogP contribution in [0, 0.1) is 10.5 Å². The number of benzene rings is 1. The van der Waals surface area contributed by atoms with Crippen molar-refractivity contribution in [2.75, 3.05) is 0 Å². The highest BCUT2D eigenvalue weighted by atomic mass is 127. The summed E-state index contributed by atoms with van der Waals surface area (Å²) in [6.45, 7) is 1.99. The molecule has 2 nitrogen and oxygen atoms in total. The highest BCUT2D eigenvalue weighted by Crippen LogP contribution is 2.28. The Kier molecular flexibility index (Phi) is 3.81. The second kappa shape index (κ2) is 5.14. The molecule has 1 aromatic carbocycles. The predicted octanol–water partition coefficient (Wildman–Crippen LogP) is 4.55. The normalized spacial score (nSPS) is 10.2. The fourth-order valence-corrected chi connectivity index (χ4v) is 2.11. The number of rotatable bonds is 2. The van der Waals surface area contributed by atoms with E-state index in [0.29, 0.717) is 5.88 Å². The molecule has 16 heavy (non-hydrogen) atoms. The van der Waals surface area contributed by atoms with Crippen molar-refractivity contribution in [2.24, 2.45) is 0 Å². The Hall–Kier alpha value is -0.620. The van der Waals surface area contributed by atoms with Crippen LogP contribution in [0.15, 0.2) is 41.0 Å². The molecule has 0 bridgehead atoms. The summed E-state index contributed by atoms with van der Waals surface area (Å²) in [7, 11) is 0. The molecule has 0 aliphatic heterocycles. The van der Waals surface area contributed by atoms with Crippen molar-refractivity contribution in [2.45, 2.75) is 6.92 Å². The summed E-state index contributed by atoms with van der Waals surface area (Å²) in [5, 5.41) is 0. The lowest BCUT2D eigenvalue weighted by Crippen LogP contribution is -1.89. The van der Waals surface area contributed by atoms with Gasteiger partial charge in [-0.25, -0.2) is 4.98 Å². The Balaban J connectivity index is 2.23. The molecule has 0 unspecified atom stereocenters. The van der Waals surface area contributed by atoms with Crippen LogP contribution in [0.1, 0.15) is 5.56 Å². The van der Waals surface area contributed by atoms with Gasteiger partial charge in [-0.2, -0.15) is 0 Å². The van der Waals surface area contributed by atoms with E-state index in [4.69, 9.17) is 4.74 Å². The lowest BCUT2D eigenvalue weighted by molar-refractivity contribution is 0.459. The summed E-state index contributed by atoms with van der Waals surface area (Å²) in [6.07, 6.45) is 1.78. The molecule has 0 radical (unpaired) electrons. The molecule has 0 spiro atoms. The zero-order chi connectivity index (χ0) is 11.5. The molecule has 0 aliphatic rings. The molecule has 0 saturated carbocycles. The smallest absolute Gasteiger partial charge is 0.233 e. The minimum Gasteiger partial charge on any atom is -0.438 e. The molecule has 0 N–H and O–H groups in total. The van der Waals surface area contributed by atoms with E-state index in [1.54, 1.807) is 6.20 Å². The molecular weight excluding hydrogens is 381 g/mol. The lowest BCUT2D eigenvalue weighted by Gasteiger charge is -2.06. The molecule has 2 aromatic rings. The first-order valence-electron chi connectivity index (χ1n) is 4.71. The van der Waals surface area contributed by atoms with Gasteiger partial charge < -0.3 is 4.74 Å². The second-order valence-corrected chi connectivity index (χ2v) is 5.46. The molecule has 0 fully saturated rings. The van der Waals surface area contributed by atoms with E-state index < -0.39 is 0 Å². The minimum absolute atomic E-state index is 0.590. The number of hydrogen-bond acceptors (Lipinski definition) is 2. The van der Waals surface area contributed by atoms with Crippen LogP contribution in [0.3, 0.4) is 0 Å². The Morgan fingerprint density at radius 2 is 1.94 bits per heavy atom. The molecule has 1 heterocycles. The standard InChI is InChI=1S/C12H9BrINO/c1-8-6-11(13)12(15-7-8)16-10-4-2-9(14)3-5-10/h2-7H,1H3. The molecule has 1 aromatic heterocycles. The van der Waals surface area contributed by atoms with Gasteiger partial charge in [0.2, 0.25) is 5.88 Å². The average Bonchev–Trinajstić information content (AvgIpc) is 2.25. The molecule has 4 heteroatoms. The van der Waals surface area contributed by atoms with Gasteiger partial charge in [0.05, 0.1) is 4.47 Å². The summed E-state index contributed by atoms with van der Waals surface area (Å²) in [5.41, 5.74) is 1.10. The summed E-state index contributed by atoms with van der Waals surface area (Å²) in [6, 6.07) is 9.83. The highest BCUT2D eigenvalue weighted by Gasteiger charge is 2.04. The minimum atomic E-state index is 0.590. The fourth-order valence-electron chi connectivity index (χ4n) is 1.21. The van der Waals surface area contributed by atoms with Gasteiger partial charge in [-0.15, -0.1) is 0 Å². The number of aryl methyl sites for hydroxylation is 1. The summed E-state index contributed by atoms with van der Waals surface area (Å²) in [4.78, 5) is 4.22. The molecule has 0 saturated heterocycles. The van der Waals surface area contributed by atoms with Crippen molar-refractivity contribution >= 4 is 38.5 Å². The number of aromatic nitrogens is 1. The van der Waals surface area contributed by atoms with Crippen LogP contribution in [-0.4, -0.2) is 4.98 Å². The third-order valence-electron chi connectivity index (χ3n) is 1.97. The van der Waals surface area contributed by atoms with Crippen molar-refractivity contribution in [1.82, 2.24) is 4.98 Å². The molecule has 0 atom stereocenters. The van der Waals surface area contributed by atoms with Gasteiger partial charge in [-0.3, -0.25) is 0 Å². The zero-order valence-corrected chi connectivity index (χ0v) is 12.3. The van der Waals surface area contributed by atoms with E-state index >= 15 is 0 Å². The van der Waals surface area contributed by atoms with Crippen molar-refractivity contribution in [3.8, 4) is 11.6 Å². The van der Waals surface area contributed by atoms with E-state index in [0.717, 1.165) is 15.8 Å². The van der Waals surface area contributed by atoms with Crippen LogP contribution in [0.2, 0.25) is 0 Å². The SMILES string of the molecule is Cc1cnc(Oc2ccc(I)cc2)c(Br)c1. The maximum Gasteiger partial charge on any atom is 0.233 e. The van der Waals surface area contributed by atoms with Crippen molar-refractivity contribution in [3.63, 3.8) is 0 Å². The van der Waals surface area contributed by atoms with Crippen LogP contribution < -0.4 is 4.74 Å². The first kappa shape index (κ1) is 11.9. The van der Waals surface area contributed by atoms with E-state index in [-0.39, 0.29) is 0 Å². The summed E-state index contributed by atoms with van der Waals surface area (Å²) >= 11 is 5.69. The number of nitrogens with zero attached hydrogens (tertiary/aromatic N) is 1. The summed E-state index contributed by atoms with van der Waals surface area (Å²) < 4.78 is 7.71. The topological polar surface area (TPSA) is 22.1 Å². The molecular formula is C12H9BrINO. The second-order valence-electron chi connectivity index (χ2n) is 3.36. The van der Waals surface area contributed by atoms with Crippen LogP contribution in [0.5, 0.6) is 11.6 Å². The number of ether oxygens (including phenoxy) is 1. The van der Waals surface area contributed by atoms with Gasteiger partial charge in [-0.05, 0) is 81.3 Å². The molecule has 0 aliphatic carbocycles. The quantitative estimate of drug-likeness (QED) is 0.703. The third-order valence-corrected chi connectivity index (χ3v) is 3.26. The van der Waals surface area contributed by atoms with E-state index in [9.17, 15) is 0 Å². The van der Waals surface area contributed by atoms with E-state index in [2.05, 4.69) is 43.5 Å². The molecule has 2 rings (SSSR count). The van der Waals surface area contributed by atoms with Crippen LogP contribution >= 0.6 is 38.5 Å². The van der Waals surface area contributed by atoms with Gasteiger partial charge >= 0.3 is 0 Å². The van der Waals surface area contributed by atoms with Gasteiger partial charge in [0.1, 0.15) is 5.75 Å². The lowest BCUT2D eigenvalue weighted by atomic mass is 10.3. The van der Waals surface area contributed by atoms with Crippen molar-refractivity contribution < 1.29 is 4.74 Å². The fraction of sp³-hybridized carbons (Fsp3) is 0.0833. The number of pyridine rings is 1. The van der Waals surface area contributed by atoms with Gasteiger partial charge in [0, 0.05) is 9.77 Å². The molecule has 82 valence electrons. The zero-order valence-electron chi connectivity index (χ0n) is 8.58. The highest BCUT2D eigenvalue weighted by molar-refractivity contribution is 14.1. The first-order chi connectivity index (χ1) is 7.65. The van der Waals surface area contributed by atoms with Crippen molar-refractivity contribution in [3.05, 3.63) is 50.1 Å². The monoisotopic (exact) mass is 389 g/mol. The Labute approximate surface area is 116 Å². The largest absolute Gasteiger partial charge is 0.438 e. The van der Waals surface area contributed by atoms with Gasteiger partial charge in [0.25, 0.3) is 0 Å². The number of halogens is 2. The van der Waals surface area contributed by atoms with E-state index in [1.807, 2.05) is 37.3 Å². The maximum atomic E-state index is 5.66. The van der Waals surface area contributed by atoms with Crippen LogP contribution in [0.4, 0.5) is 0 Å². The van der Waals surface area contributed by atoms with Gasteiger partial charge in [0.15, 0.2) is 0 Å². The third kappa shape index (κ3) is 2.95. The maximum absolute atomic E-state index is 5.66. The van der Waals surface area contributed by atoms with E-state index in [1.165, 1.54) is 3.57 Å². The van der Waals surface area contributed by atoms with Crippen molar-refractivity contribution in [1.29, 1.82) is 0 Å². The number of hydrogen-bond donors (Lipinski definition) is 0. The first-order valence-corrected chi connectivity index (χ1v) is 6.58. The van der Waals surface area contributed by atoms with Gasteiger partial charge in [-0.1, -0.05) is 0 Å². The Morgan fingerprint density at radius 3 is 2.56 bits per heavy atom. The molecule has 0 amide bonds. The van der Waals surface area contributed by atoms with Crippen LogP contribution in [0.25, 0.3) is 0 Å². The Morgan fingerprint density at radius 1 is 1.25 bits per heavy atom. The Bertz CT molecular complexity index is 499. The predicted molar refractivity (Wildman–Crippen MR) is 75.9 cm³/mol.